The van der Waals surface area contributed by atoms with E-state index in [9.17, 15) is 4.79 Å². The van der Waals surface area contributed by atoms with E-state index in [1.54, 1.807) is 18.1 Å². The topological polar surface area (TPSA) is 121 Å². The maximum Gasteiger partial charge on any atom is 0.228 e. The van der Waals surface area contributed by atoms with Crippen molar-refractivity contribution in [1.82, 2.24) is 29.3 Å². The monoisotopic (exact) mass is 502 g/mol. The molecule has 1 aliphatic carbocycles. The molecule has 1 saturated carbocycles. The molecule has 37 heavy (non-hydrogen) atoms. The van der Waals surface area contributed by atoms with Crippen molar-refractivity contribution in [3.8, 4) is 17.1 Å². The Balaban J connectivity index is 1.45. The van der Waals surface area contributed by atoms with Crippen molar-refractivity contribution in [1.29, 1.82) is 0 Å². The van der Waals surface area contributed by atoms with Crippen molar-refractivity contribution in [2.24, 2.45) is 13.0 Å². The molecule has 2 aliphatic rings. The number of hydrogen-bond acceptors (Lipinski definition) is 8. The first kappa shape index (κ1) is 23.4. The molecule has 1 aliphatic heterocycles. The Hall–Kier alpha value is -3.99. The molecule has 1 amide bonds. The fourth-order valence-corrected chi connectivity index (χ4v) is 4.82. The molecule has 11 heteroatoms. The lowest BCUT2D eigenvalue weighted by atomic mass is 10.1. The van der Waals surface area contributed by atoms with Gasteiger partial charge in [0.25, 0.3) is 0 Å². The number of amides is 1. The van der Waals surface area contributed by atoms with Crippen molar-refractivity contribution in [2.45, 2.75) is 45.3 Å². The minimum atomic E-state index is -0.137. The molecule has 4 heterocycles. The first-order chi connectivity index (χ1) is 18.0. The number of benzene rings is 1. The first-order valence-electron chi connectivity index (χ1n) is 12.6. The zero-order chi connectivity index (χ0) is 25.5. The highest BCUT2D eigenvalue weighted by Crippen LogP contribution is 2.39. The summed E-state index contributed by atoms with van der Waals surface area (Å²) in [6, 6.07) is 7.59. The maximum absolute atomic E-state index is 12.6. The van der Waals surface area contributed by atoms with Gasteiger partial charge in [-0.15, -0.1) is 0 Å². The number of nitrogens with one attached hydrogen (secondary N) is 2. The summed E-state index contributed by atoms with van der Waals surface area (Å²) < 4.78 is 15.6. The number of aromatic nitrogens is 6. The molecular formula is C26H30N8O3. The standard InChI is InChI=1S/C26H30N8O3/c1-15-28-22-19(29-18-8-6-7-17(23(18)36-3)24-27-14-33(2)32-24)13-20(31-26(35)16-10-11-16)30-25(22)34(15)21-9-4-5-12-37-21/h6-8,13-14,16,21H,4-5,9-12H2,1-3H3,(H2,29,30,31,35). The van der Waals surface area contributed by atoms with Gasteiger partial charge in [-0.3, -0.25) is 14.0 Å². The number of para-hydroxylation sites is 1. The third-order valence-electron chi connectivity index (χ3n) is 6.80. The Labute approximate surface area is 214 Å². The van der Waals surface area contributed by atoms with Crippen molar-refractivity contribution in [3.63, 3.8) is 0 Å². The number of methoxy groups -OCH3 is 1. The van der Waals surface area contributed by atoms with Gasteiger partial charge in [0.2, 0.25) is 5.91 Å². The SMILES string of the molecule is COc1c(Nc2cc(NC(=O)C3CC3)nc3c2nc(C)n3C2CCCCO2)cccc1-c1ncn(C)n1. The second-order valence-corrected chi connectivity index (χ2v) is 9.59. The molecule has 2 fully saturated rings. The van der Waals surface area contributed by atoms with E-state index in [0.29, 0.717) is 40.8 Å². The molecule has 1 aromatic carbocycles. The summed E-state index contributed by atoms with van der Waals surface area (Å²) in [4.78, 5) is 26.7. The van der Waals surface area contributed by atoms with Crippen LogP contribution in [0.3, 0.4) is 0 Å². The number of anilines is 3. The third-order valence-corrected chi connectivity index (χ3v) is 6.80. The highest BCUT2D eigenvalue weighted by molar-refractivity contribution is 5.97. The normalized spacial score (nSPS) is 17.6. The van der Waals surface area contributed by atoms with Crippen LogP contribution in [-0.4, -0.2) is 48.9 Å². The highest BCUT2D eigenvalue weighted by atomic mass is 16.5. The zero-order valence-electron chi connectivity index (χ0n) is 21.2. The number of hydrogen-bond donors (Lipinski definition) is 2. The van der Waals surface area contributed by atoms with E-state index in [1.807, 2.05) is 42.8 Å². The van der Waals surface area contributed by atoms with E-state index >= 15 is 0 Å². The predicted octanol–water partition coefficient (Wildman–Crippen LogP) is 4.34. The largest absolute Gasteiger partial charge is 0.494 e. The molecule has 2 N–H and O–H groups in total. The van der Waals surface area contributed by atoms with Gasteiger partial charge in [0.1, 0.15) is 29.7 Å². The van der Waals surface area contributed by atoms with Gasteiger partial charge < -0.3 is 20.1 Å². The number of imidazole rings is 1. The summed E-state index contributed by atoms with van der Waals surface area (Å²) in [6.07, 6.45) is 6.36. The second kappa shape index (κ2) is 9.47. The fourth-order valence-electron chi connectivity index (χ4n) is 4.82. The van der Waals surface area contributed by atoms with E-state index in [2.05, 4.69) is 20.7 Å². The van der Waals surface area contributed by atoms with Gasteiger partial charge in [-0.05, 0) is 51.2 Å². The van der Waals surface area contributed by atoms with Gasteiger partial charge in [-0.2, -0.15) is 5.10 Å². The molecule has 11 nitrogen and oxygen atoms in total. The first-order valence-corrected chi connectivity index (χ1v) is 12.6. The number of aryl methyl sites for hydroxylation is 2. The lowest BCUT2D eigenvalue weighted by Crippen LogP contribution is -2.20. The molecule has 6 rings (SSSR count). The van der Waals surface area contributed by atoms with Crippen LogP contribution in [0.25, 0.3) is 22.6 Å². The number of nitrogens with zero attached hydrogens (tertiary/aromatic N) is 6. The van der Waals surface area contributed by atoms with Crippen LogP contribution < -0.4 is 15.4 Å². The third kappa shape index (κ3) is 4.50. The summed E-state index contributed by atoms with van der Waals surface area (Å²) in [5, 5.41) is 10.9. The summed E-state index contributed by atoms with van der Waals surface area (Å²) in [7, 11) is 3.45. The van der Waals surface area contributed by atoms with E-state index in [1.165, 1.54) is 0 Å². The van der Waals surface area contributed by atoms with Crippen molar-refractivity contribution in [2.75, 3.05) is 24.4 Å². The van der Waals surface area contributed by atoms with E-state index in [4.69, 9.17) is 19.4 Å². The van der Waals surface area contributed by atoms with Gasteiger partial charge in [0.15, 0.2) is 17.2 Å². The average Bonchev–Trinajstić information content (AvgIpc) is 3.58. The Morgan fingerprint density at radius 1 is 1.16 bits per heavy atom. The van der Waals surface area contributed by atoms with Crippen LogP contribution in [0, 0.1) is 12.8 Å². The molecule has 3 aromatic heterocycles. The van der Waals surface area contributed by atoms with Crippen molar-refractivity contribution >= 4 is 34.3 Å². The zero-order valence-corrected chi connectivity index (χ0v) is 21.2. The number of fused-ring (bicyclic) bond motifs is 1. The molecule has 0 radical (unpaired) electrons. The lowest BCUT2D eigenvalue weighted by molar-refractivity contribution is -0.117. The van der Waals surface area contributed by atoms with E-state index in [0.717, 1.165) is 49.2 Å². The van der Waals surface area contributed by atoms with Crippen LogP contribution in [0.15, 0.2) is 30.6 Å². The van der Waals surface area contributed by atoms with Crippen LogP contribution in [0.2, 0.25) is 0 Å². The highest BCUT2D eigenvalue weighted by Gasteiger charge is 2.30. The number of carbonyl (C=O) groups is 1. The van der Waals surface area contributed by atoms with Gasteiger partial charge in [-0.1, -0.05) is 6.07 Å². The molecule has 0 spiro atoms. The average molecular weight is 503 g/mol. The predicted molar refractivity (Wildman–Crippen MR) is 139 cm³/mol. The Kier molecular flexibility index (Phi) is 5.99. The number of carbonyl (C=O) groups excluding carboxylic acids is 1. The number of rotatable bonds is 7. The van der Waals surface area contributed by atoms with Gasteiger partial charge in [-0.25, -0.2) is 15.0 Å². The van der Waals surface area contributed by atoms with Gasteiger partial charge >= 0.3 is 0 Å². The maximum atomic E-state index is 12.6. The fraction of sp³-hybridized carbons (Fsp3) is 0.423. The lowest BCUT2D eigenvalue weighted by Gasteiger charge is -2.25. The summed E-state index contributed by atoms with van der Waals surface area (Å²) in [6.45, 7) is 2.67. The van der Waals surface area contributed by atoms with Crippen LogP contribution in [0.5, 0.6) is 5.75 Å². The molecule has 4 aromatic rings. The summed E-state index contributed by atoms with van der Waals surface area (Å²) >= 11 is 0. The summed E-state index contributed by atoms with van der Waals surface area (Å²) in [5.41, 5.74) is 3.55. The van der Waals surface area contributed by atoms with Crippen molar-refractivity contribution < 1.29 is 14.3 Å². The minimum absolute atomic E-state index is 0.00434. The van der Waals surface area contributed by atoms with Crippen LogP contribution in [0.4, 0.5) is 17.2 Å². The van der Waals surface area contributed by atoms with Crippen LogP contribution in [-0.2, 0) is 16.6 Å². The Bertz CT molecular complexity index is 1470. The van der Waals surface area contributed by atoms with Gasteiger partial charge in [0.05, 0.1) is 24.0 Å². The number of pyridine rings is 1. The smallest absolute Gasteiger partial charge is 0.228 e. The Morgan fingerprint density at radius 3 is 2.73 bits per heavy atom. The van der Waals surface area contributed by atoms with Crippen LogP contribution >= 0.6 is 0 Å². The molecule has 0 bridgehead atoms. The van der Waals surface area contributed by atoms with Gasteiger partial charge in [0, 0.05) is 25.6 Å². The molecule has 1 saturated heterocycles. The molecular weight excluding hydrogens is 472 g/mol. The van der Waals surface area contributed by atoms with Crippen molar-refractivity contribution in [3.05, 3.63) is 36.4 Å². The minimum Gasteiger partial charge on any atom is -0.494 e. The molecule has 1 unspecified atom stereocenters. The number of ether oxygens (including phenoxy) is 2. The molecule has 192 valence electrons. The van der Waals surface area contributed by atoms with E-state index in [-0.39, 0.29) is 18.1 Å². The molecule has 1 atom stereocenters. The van der Waals surface area contributed by atoms with Crippen LogP contribution in [0.1, 0.15) is 44.2 Å². The Morgan fingerprint density at radius 2 is 2.03 bits per heavy atom. The second-order valence-electron chi connectivity index (χ2n) is 9.59. The summed E-state index contributed by atoms with van der Waals surface area (Å²) in [5.74, 6) is 2.51. The van der Waals surface area contributed by atoms with E-state index < -0.39 is 0 Å². The quantitative estimate of drug-likeness (QED) is 0.383.